The van der Waals surface area contributed by atoms with Gasteiger partial charge in [-0.05, 0) is 69.7 Å². The number of hydrogen-bond donors (Lipinski definition) is 1. The number of imide groups is 1. The largest absolute Gasteiger partial charge is 0.322 e. The molecule has 2 aliphatic heterocycles. The highest BCUT2D eigenvalue weighted by Gasteiger charge is 2.50. The van der Waals surface area contributed by atoms with Crippen LogP contribution in [0.4, 0.5) is 5.69 Å². The molecule has 8 nitrogen and oxygen atoms in total. The normalized spacial score (nSPS) is 18.5. The van der Waals surface area contributed by atoms with Gasteiger partial charge in [0.25, 0.3) is 11.8 Å². The molecule has 0 bridgehead atoms. The van der Waals surface area contributed by atoms with Gasteiger partial charge in [0.15, 0.2) is 0 Å². The van der Waals surface area contributed by atoms with Crippen molar-refractivity contribution in [3.8, 4) is 0 Å². The van der Waals surface area contributed by atoms with Gasteiger partial charge < -0.3 is 14.4 Å². The van der Waals surface area contributed by atoms with Gasteiger partial charge in [0.2, 0.25) is 14.3 Å². The molecule has 3 heterocycles. The van der Waals surface area contributed by atoms with Crippen LogP contribution in [-0.2, 0) is 20.3 Å². The molecule has 3 amide bonds. The average Bonchev–Trinajstić information content (AvgIpc) is 3.34. The van der Waals surface area contributed by atoms with Crippen LogP contribution < -0.4 is 10.6 Å². The fourth-order valence-electron chi connectivity index (χ4n) is 4.95. The fourth-order valence-corrected chi connectivity index (χ4v) is 6.86. The van der Waals surface area contributed by atoms with Gasteiger partial charge in [0.05, 0.1) is 33.5 Å². The summed E-state index contributed by atoms with van der Waals surface area (Å²) in [5, 5.41) is 4.71. The second-order valence-corrected chi connectivity index (χ2v) is 12.6. The summed E-state index contributed by atoms with van der Waals surface area (Å²) in [6.07, 6.45) is 1.79. The Morgan fingerprint density at radius 1 is 0.854 bits per heavy atom. The van der Waals surface area contributed by atoms with Crippen LogP contribution in [-0.4, -0.2) is 44.8 Å². The topological polar surface area (TPSA) is 97.8 Å². The van der Waals surface area contributed by atoms with E-state index in [-0.39, 0.29) is 6.42 Å². The number of rotatable bonds is 6. The van der Waals surface area contributed by atoms with Gasteiger partial charge in [-0.1, -0.05) is 42.5 Å². The highest BCUT2D eigenvalue weighted by molar-refractivity contribution is 7.56. The molecule has 1 saturated heterocycles. The molecule has 4 aromatic rings. The minimum Gasteiger partial charge on any atom is -0.322 e. The highest BCUT2D eigenvalue weighted by atomic mass is 31.2. The number of carbonyl (C=O) groups is 3. The molecule has 208 valence electrons. The van der Waals surface area contributed by atoms with Crippen LogP contribution in [0, 0.1) is 0 Å². The molecule has 1 aromatic heterocycles. The Morgan fingerprint density at radius 3 is 2.10 bits per heavy atom. The lowest BCUT2D eigenvalue weighted by Crippen LogP contribution is -2.48. The first-order valence-corrected chi connectivity index (χ1v) is 14.6. The molecule has 9 heteroatoms. The second-order valence-electron chi connectivity index (χ2n) is 11.2. The van der Waals surface area contributed by atoms with Crippen molar-refractivity contribution in [1.82, 2.24) is 9.88 Å². The molecular formula is C32H30N3O5P. The van der Waals surface area contributed by atoms with Crippen molar-refractivity contribution in [2.24, 2.45) is 0 Å². The van der Waals surface area contributed by atoms with E-state index in [1.165, 1.54) is 0 Å². The molecular weight excluding hydrogens is 537 g/mol. The summed E-state index contributed by atoms with van der Waals surface area (Å²) in [5.74, 6) is -1.45. The van der Waals surface area contributed by atoms with E-state index in [1.54, 1.807) is 36.5 Å². The lowest BCUT2D eigenvalue weighted by molar-refractivity contribution is -0.119. The van der Waals surface area contributed by atoms with Crippen molar-refractivity contribution in [2.45, 2.75) is 51.4 Å². The second kappa shape index (κ2) is 10.1. The maximum atomic E-state index is 13.9. The van der Waals surface area contributed by atoms with Crippen LogP contribution in [0.2, 0.25) is 0 Å². The first kappa shape index (κ1) is 27.2. The summed E-state index contributed by atoms with van der Waals surface area (Å²) < 4.78 is 12.5. The number of amides is 3. The molecule has 0 unspecified atom stereocenters. The molecule has 2 aliphatic rings. The lowest BCUT2D eigenvalue weighted by atomic mass is 9.90. The summed E-state index contributed by atoms with van der Waals surface area (Å²) in [4.78, 5) is 46.3. The zero-order valence-electron chi connectivity index (χ0n) is 23.3. The summed E-state index contributed by atoms with van der Waals surface area (Å²) in [7, 11) is -1.27. The van der Waals surface area contributed by atoms with Crippen LogP contribution in [0.1, 0.15) is 54.0 Å². The van der Waals surface area contributed by atoms with E-state index in [4.69, 9.17) is 9.05 Å². The summed E-state index contributed by atoms with van der Waals surface area (Å²) in [5.41, 5.74) is 1.62. The summed E-state index contributed by atoms with van der Waals surface area (Å²) >= 11 is 0. The van der Waals surface area contributed by atoms with E-state index < -0.39 is 43.3 Å². The number of anilines is 1. The number of para-hydroxylation sites is 1. The third kappa shape index (κ3) is 4.82. The number of nitrogens with one attached hydrogen (secondary N) is 1. The molecule has 3 aromatic carbocycles. The van der Waals surface area contributed by atoms with E-state index in [0.29, 0.717) is 22.3 Å². The molecule has 1 fully saturated rings. The molecule has 1 atom stereocenters. The number of aromatic nitrogens is 1. The number of nitrogens with zero attached hydrogens (tertiary/aromatic N) is 2. The van der Waals surface area contributed by atoms with E-state index in [9.17, 15) is 14.4 Å². The standard InChI is InChI=1S/C32H30N3O5P/c1-31(2)32(3,4)40-41(39-31)22-16-14-20(15-17-22)19-26(35-29(37)23-11-5-6-12-24(23)30(35)38)28(36)34-25-13-7-9-21-10-8-18-33-27(21)25/h5-18,26H,19H2,1-4H3,(H,34,36)/t26-/m0/s1. The minimum absolute atomic E-state index is 0.131. The minimum atomic E-state index is -1.27. The Labute approximate surface area is 239 Å². The first-order valence-electron chi connectivity index (χ1n) is 13.4. The Bertz CT molecular complexity index is 1630. The smallest absolute Gasteiger partial charge is 0.262 e. The van der Waals surface area contributed by atoms with Crippen molar-refractivity contribution in [3.63, 3.8) is 0 Å². The van der Waals surface area contributed by atoms with Gasteiger partial charge in [0, 0.05) is 23.3 Å². The number of benzene rings is 3. The van der Waals surface area contributed by atoms with Crippen LogP contribution in [0.5, 0.6) is 0 Å². The van der Waals surface area contributed by atoms with Crippen molar-refractivity contribution in [3.05, 3.63) is 102 Å². The van der Waals surface area contributed by atoms with Gasteiger partial charge in [0.1, 0.15) is 6.04 Å². The molecule has 0 aliphatic carbocycles. The van der Waals surface area contributed by atoms with E-state index in [0.717, 1.165) is 21.2 Å². The maximum absolute atomic E-state index is 13.9. The van der Waals surface area contributed by atoms with Crippen LogP contribution in [0.3, 0.4) is 0 Å². The zero-order chi connectivity index (χ0) is 28.9. The molecule has 0 saturated carbocycles. The quantitative estimate of drug-likeness (QED) is 0.240. The van der Waals surface area contributed by atoms with Gasteiger partial charge >= 0.3 is 0 Å². The summed E-state index contributed by atoms with van der Waals surface area (Å²) in [6.45, 7) is 8.06. The van der Waals surface area contributed by atoms with Crippen molar-refractivity contribution < 1.29 is 23.4 Å². The number of hydrogen-bond acceptors (Lipinski definition) is 6. The molecule has 41 heavy (non-hydrogen) atoms. The predicted molar refractivity (Wildman–Crippen MR) is 158 cm³/mol. The van der Waals surface area contributed by atoms with E-state index in [2.05, 4.69) is 10.3 Å². The number of fused-ring (bicyclic) bond motifs is 2. The van der Waals surface area contributed by atoms with Gasteiger partial charge in [-0.2, -0.15) is 0 Å². The van der Waals surface area contributed by atoms with Crippen LogP contribution >= 0.6 is 8.38 Å². The molecule has 1 N–H and O–H groups in total. The zero-order valence-corrected chi connectivity index (χ0v) is 24.1. The van der Waals surface area contributed by atoms with Crippen LogP contribution in [0.25, 0.3) is 10.9 Å². The van der Waals surface area contributed by atoms with E-state index in [1.807, 2.05) is 76.2 Å². The number of carbonyl (C=O) groups excluding carboxylic acids is 3. The monoisotopic (exact) mass is 567 g/mol. The third-order valence-corrected chi connectivity index (χ3v) is 9.94. The number of pyridine rings is 1. The Balaban J connectivity index is 1.31. The van der Waals surface area contributed by atoms with E-state index >= 15 is 0 Å². The molecule has 0 radical (unpaired) electrons. The summed E-state index contributed by atoms with van der Waals surface area (Å²) in [6, 6.07) is 22.4. The molecule has 0 spiro atoms. The van der Waals surface area contributed by atoms with Crippen molar-refractivity contribution in [2.75, 3.05) is 5.32 Å². The Hall–Kier alpha value is -3.97. The Morgan fingerprint density at radius 2 is 1.46 bits per heavy atom. The predicted octanol–water partition coefficient (Wildman–Crippen LogP) is 5.62. The Kier molecular flexibility index (Phi) is 6.73. The van der Waals surface area contributed by atoms with Gasteiger partial charge in [-0.25, -0.2) is 0 Å². The van der Waals surface area contributed by atoms with Crippen molar-refractivity contribution in [1.29, 1.82) is 0 Å². The third-order valence-electron chi connectivity index (χ3n) is 7.98. The van der Waals surface area contributed by atoms with Crippen molar-refractivity contribution >= 4 is 48.0 Å². The lowest BCUT2D eigenvalue weighted by Gasteiger charge is -2.29. The average molecular weight is 568 g/mol. The van der Waals surface area contributed by atoms with Gasteiger partial charge in [-0.3, -0.25) is 24.3 Å². The fraction of sp³-hybridized carbons (Fsp3) is 0.250. The maximum Gasteiger partial charge on any atom is 0.262 e. The SMILES string of the molecule is CC1(C)OP(c2ccc(C[C@@H](C(=O)Nc3cccc4cccnc34)N3C(=O)c4ccccc4C3=O)cc2)OC1(C)C. The first-order chi connectivity index (χ1) is 19.6. The molecule has 6 rings (SSSR count). The van der Waals surface area contributed by atoms with Gasteiger partial charge in [-0.15, -0.1) is 0 Å². The highest BCUT2D eigenvalue weighted by Crippen LogP contribution is 2.57. The van der Waals surface area contributed by atoms with Crippen LogP contribution in [0.15, 0.2) is 85.1 Å².